The quantitative estimate of drug-likeness (QED) is 0.308. The first-order valence-corrected chi connectivity index (χ1v) is 14.0. The minimum atomic E-state index is -4.53. The molecule has 41 heavy (non-hydrogen) atoms. The minimum absolute atomic E-state index is 0.0488. The standard InChI is InChI=1S/C29H25F3N4O4S/c1-16-6-4-7-17(2)25(16)23-15-24-35-28(34-23)36-41(38,39)22-9-5-8-20(14-22)27(37)33-18(3)26(40-24)19-10-12-21(13-11-19)29(30,31)32/h4-15,18,26H,1-3H3,(H,33,37)(H,34,35,36)/t18-,26+/m1/s1. The Labute approximate surface area is 234 Å². The second-order valence-electron chi connectivity index (χ2n) is 9.74. The van der Waals surface area contributed by atoms with Crippen LogP contribution in [0.3, 0.4) is 0 Å². The number of rotatable bonds is 2. The molecule has 4 aromatic rings. The summed E-state index contributed by atoms with van der Waals surface area (Å²) >= 11 is 0. The summed E-state index contributed by atoms with van der Waals surface area (Å²) in [5.41, 5.74) is 2.41. The van der Waals surface area contributed by atoms with Gasteiger partial charge in [-0.25, -0.2) is 18.1 Å². The number of fused-ring (bicyclic) bond motifs is 4. The molecule has 0 radical (unpaired) electrons. The zero-order valence-corrected chi connectivity index (χ0v) is 23.0. The minimum Gasteiger partial charge on any atom is -0.467 e. The van der Waals surface area contributed by atoms with E-state index in [0.717, 1.165) is 28.8 Å². The van der Waals surface area contributed by atoms with Crippen LogP contribution in [0.2, 0.25) is 0 Å². The number of nitrogens with zero attached hydrogens (tertiary/aromatic N) is 2. The van der Waals surface area contributed by atoms with E-state index in [0.29, 0.717) is 11.3 Å². The summed E-state index contributed by atoms with van der Waals surface area (Å²) in [5.74, 6) is -0.918. The molecule has 0 saturated heterocycles. The number of hydrogen-bond donors (Lipinski definition) is 2. The van der Waals surface area contributed by atoms with Crippen LogP contribution >= 0.6 is 0 Å². The van der Waals surface area contributed by atoms with Gasteiger partial charge in [0.25, 0.3) is 15.9 Å². The van der Waals surface area contributed by atoms with Crippen molar-refractivity contribution >= 4 is 21.9 Å². The van der Waals surface area contributed by atoms with Gasteiger partial charge in [-0.15, -0.1) is 0 Å². The number of benzene rings is 3. The van der Waals surface area contributed by atoms with Gasteiger partial charge >= 0.3 is 6.18 Å². The Kier molecular flexibility index (Phi) is 7.20. The molecule has 1 amide bonds. The predicted octanol–water partition coefficient (Wildman–Crippen LogP) is 5.83. The van der Waals surface area contributed by atoms with Crippen LogP contribution in [0, 0.1) is 13.8 Å². The summed E-state index contributed by atoms with van der Waals surface area (Å²) in [6.45, 7) is 5.39. The summed E-state index contributed by atoms with van der Waals surface area (Å²) in [7, 11) is -4.22. The van der Waals surface area contributed by atoms with Crippen molar-refractivity contribution in [1.29, 1.82) is 0 Å². The summed E-state index contributed by atoms with van der Waals surface area (Å²) in [4.78, 5) is 21.7. The smallest absolute Gasteiger partial charge is 0.416 e. The zero-order chi connectivity index (χ0) is 29.5. The van der Waals surface area contributed by atoms with E-state index < -0.39 is 39.8 Å². The van der Waals surface area contributed by atoms with Crippen LogP contribution in [0.1, 0.15) is 45.6 Å². The Morgan fingerprint density at radius 1 is 0.902 bits per heavy atom. The molecule has 1 aliphatic heterocycles. The molecule has 5 rings (SSSR count). The van der Waals surface area contributed by atoms with E-state index in [2.05, 4.69) is 20.0 Å². The van der Waals surface area contributed by atoms with Gasteiger partial charge in [-0.3, -0.25) is 4.79 Å². The summed E-state index contributed by atoms with van der Waals surface area (Å²) in [6, 6.07) is 16.2. The van der Waals surface area contributed by atoms with Crippen molar-refractivity contribution in [2.45, 2.75) is 44.0 Å². The molecule has 1 aromatic heterocycles. The summed E-state index contributed by atoms with van der Waals surface area (Å²) in [5, 5.41) is 2.78. The number of nitrogens with one attached hydrogen (secondary N) is 2. The van der Waals surface area contributed by atoms with E-state index in [1.54, 1.807) is 6.92 Å². The average molecular weight is 583 g/mol. The first-order chi connectivity index (χ1) is 19.3. The average Bonchev–Trinajstić information content (AvgIpc) is 2.90. The van der Waals surface area contributed by atoms with Crippen LogP contribution in [0.25, 0.3) is 11.3 Å². The number of aromatic nitrogens is 2. The molecule has 0 unspecified atom stereocenters. The molecule has 3 aromatic carbocycles. The molecule has 2 N–H and O–H groups in total. The molecule has 0 spiro atoms. The van der Waals surface area contributed by atoms with Gasteiger partial charge in [0.05, 0.1) is 22.2 Å². The van der Waals surface area contributed by atoms with Gasteiger partial charge in [0.15, 0.2) is 0 Å². The Morgan fingerprint density at radius 2 is 1.56 bits per heavy atom. The second-order valence-corrected chi connectivity index (χ2v) is 11.4. The number of anilines is 1. The van der Waals surface area contributed by atoms with Crippen molar-refractivity contribution in [2.75, 3.05) is 4.72 Å². The molecule has 2 heterocycles. The van der Waals surface area contributed by atoms with E-state index in [1.807, 2.05) is 32.0 Å². The Morgan fingerprint density at radius 3 is 2.22 bits per heavy atom. The highest BCUT2D eigenvalue weighted by atomic mass is 32.2. The van der Waals surface area contributed by atoms with Crippen molar-refractivity contribution < 1.29 is 31.1 Å². The maximum absolute atomic E-state index is 13.3. The first kappa shape index (κ1) is 28.1. The number of sulfonamides is 1. The number of amides is 1. The van der Waals surface area contributed by atoms with Crippen LogP contribution < -0.4 is 14.8 Å². The fraction of sp³-hybridized carbons (Fsp3) is 0.207. The Bertz CT molecular complexity index is 1720. The van der Waals surface area contributed by atoms with Gasteiger partial charge in [-0.05, 0) is 67.8 Å². The predicted molar refractivity (Wildman–Crippen MR) is 146 cm³/mol. The van der Waals surface area contributed by atoms with E-state index in [1.165, 1.54) is 42.5 Å². The lowest BCUT2D eigenvalue weighted by Crippen LogP contribution is -2.39. The molecule has 0 saturated carbocycles. The number of hydrogen-bond acceptors (Lipinski definition) is 6. The number of carbonyl (C=O) groups excluding carboxylic acids is 1. The van der Waals surface area contributed by atoms with Gasteiger partial charge < -0.3 is 10.1 Å². The van der Waals surface area contributed by atoms with E-state index in [-0.39, 0.29) is 22.3 Å². The van der Waals surface area contributed by atoms with Crippen molar-refractivity contribution in [3.05, 3.63) is 101 Å². The van der Waals surface area contributed by atoms with Crippen LogP contribution in [-0.2, 0) is 16.2 Å². The number of halogens is 3. The summed E-state index contributed by atoms with van der Waals surface area (Å²) in [6.07, 6.45) is -5.54. The number of ether oxygens (including phenoxy) is 1. The molecule has 2 atom stereocenters. The van der Waals surface area contributed by atoms with Crippen molar-refractivity contribution in [3.63, 3.8) is 0 Å². The number of aryl methyl sites for hydroxylation is 2. The molecular formula is C29H25F3N4O4S. The van der Waals surface area contributed by atoms with Gasteiger partial charge in [0.2, 0.25) is 11.8 Å². The number of alkyl halides is 3. The third kappa shape index (κ3) is 5.87. The zero-order valence-electron chi connectivity index (χ0n) is 22.2. The van der Waals surface area contributed by atoms with Gasteiger partial charge in [-0.1, -0.05) is 36.4 Å². The first-order valence-electron chi connectivity index (χ1n) is 12.5. The summed E-state index contributed by atoms with van der Waals surface area (Å²) < 4.78 is 74.9. The monoisotopic (exact) mass is 582 g/mol. The van der Waals surface area contributed by atoms with Crippen LogP contribution in [0.15, 0.2) is 77.7 Å². The van der Waals surface area contributed by atoms with Gasteiger partial charge in [0.1, 0.15) is 6.10 Å². The fourth-order valence-corrected chi connectivity index (χ4v) is 5.67. The lowest BCUT2D eigenvalue weighted by atomic mass is 9.99. The van der Waals surface area contributed by atoms with Crippen molar-refractivity contribution in [2.24, 2.45) is 0 Å². The van der Waals surface area contributed by atoms with Crippen LogP contribution in [0.4, 0.5) is 19.1 Å². The highest BCUT2D eigenvalue weighted by molar-refractivity contribution is 7.92. The maximum atomic E-state index is 13.3. The van der Waals surface area contributed by atoms with Gasteiger partial charge in [-0.2, -0.15) is 18.2 Å². The molecule has 0 aliphatic carbocycles. The SMILES string of the molecule is Cc1cccc(C)c1-c1cc2nc(n1)NS(=O)(=O)c1cccc(c1)C(=O)N[C@H](C)[C@@H](c1ccc(C(F)(F)F)cc1)O2. The molecular weight excluding hydrogens is 557 g/mol. The Balaban J connectivity index is 1.70. The Hall–Kier alpha value is -4.45. The highest BCUT2D eigenvalue weighted by Gasteiger charge is 2.32. The van der Waals surface area contributed by atoms with Crippen LogP contribution in [0.5, 0.6) is 5.88 Å². The topological polar surface area (TPSA) is 110 Å². The van der Waals surface area contributed by atoms with Crippen LogP contribution in [-0.4, -0.2) is 30.3 Å². The normalized spacial score (nSPS) is 18.5. The fourth-order valence-electron chi connectivity index (χ4n) is 4.68. The largest absolute Gasteiger partial charge is 0.467 e. The maximum Gasteiger partial charge on any atom is 0.416 e. The third-order valence-electron chi connectivity index (χ3n) is 6.70. The lowest BCUT2D eigenvalue weighted by molar-refractivity contribution is -0.137. The highest BCUT2D eigenvalue weighted by Crippen LogP contribution is 2.34. The molecule has 8 nitrogen and oxygen atoms in total. The van der Waals surface area contributed by atoms with Gasteiger partial charge in [0, 0.05) is 17.2 Å². The molecule has 1 aliphatic rings. The second kappa shape index (κ2) is 10.5. The van der Waals surface area contributed by atoms with Crippen molar-refractivity contribution in [3.8, 4) is 17.1 Å². The number of carbonyl (C=O) groups is 1. The van der Waals surface area contributed by atoms with E-state index in [9.17, 15) is 26.4 Å². The molecule has 212 valence electrons. The molecule has 4 bridgehead atoms. The molecule has 12 heteroatoms. The lowest BCUT2D eigenvalue weighted by Gasteiger charge is -2.26. The van der Waals surface area contributed by atoms with E-state index >= 15 is 0 Å². The third-order valence-corrected chi connectivity index (χ3v) is 8.03. The molecule has 0 fully saturated rings. The van der Waals surface area contributed by atoms with E-state index in [4.69, 9.17) is 4.74 Å². The van der Waals surface area contributed by atoms with Crippen molar-refractivity contribution in [1.82, 2.24) is 15.3 Å².